The third-order valence-corrected chi connectivity index (χ3v) is 6.61. The second-order valence-corrected chi connectivity index (χ2v) is 9.27. The molecule has 0 N–H and O–H groups in total. The number of aryl methyl sites for hydroxylation is 1. The average Bonchev–Trinajstić information content (AvgIpc) is 2.88. The van der Waals surface area contributed by atoms with Gasteiger partial charge in [-0.05, 0) is 72.4 Å². The van der Waals surface area contributed by atoms with Crippen LogP contribution in [-0.4, -0.2) is 44.0 Å². The molecule has 4 rings (SSSR count). The molecule has 5 nitrogen and oxygen atoms in total. The molecule has 0 radical (unpaired) electrons. The summed E-state index contributed by atoms with van der Waals surface area (Å²) >= 11 is 3.50. The highest BCUT2D eigenvalue weighted by molar-refractivity contribution is 9.10. The molecule has 182 valence electrons. The van der Waals surface area contributed by atoms with E-state index in [1.54, 1.807) is 25.2 Å². The van der Waals surface area contributed by atoms with Crippen molar-refractivity contribution in [3.8, 4) is 11.5 Å². The Morgan fingerprint density at radius 3 is 2.60 bits per heavy atom. The molecule has 1 heterocycles. The van der Waals surface area contributed by atoms with Crippen LogP contribution in [0.3, 0.4) is 0 Å². The molecule has 1 aliphatic rings. The van der Waals surface area contributed by atoms with E-state index in [2.05, 4.69) is 20.9 Å². The minimum atomic E-state index is -0.299. The van der Waals surface area contributed by atoms with Crippen LogP contribution in [0.4, 0.5) is 4.39 Å². The monoisotopic (exact) mass is 538 g/mol. The molecular weight excluding hydrogens is 511 g/mol. The van der Waals surface area contributed by atoms with Crippen LogP contribution in [0.2, 0.25) is 0 Å². The summed E-state index contributed by atoms with van der Waals surface area (Å²) in [4.78, 5) is 19.7. The van der Waals surface area contributed by atoms with Gasteiger partial charge in [0.1, 0.15) is 23.2 Å². The van der Waals surface area contributed by atoms with Gasteiger partial charge in [-0.25, -0.2) is 4.39 Å². The highest BCUT2D eigenvalue weighted by atomic mass is 79.9. The molecule has 0 aromatic heterocycles. The maximum Gasteiger partial charge on any atom is 0.232 e. The third kappa shape index (κ3) is 5.90. The molecule has 0 spiro atoms. The number of aliphatic imine (C=N–C) groups is 1. The summed E-state index contributed by atoms with van der Waals surface area (Å²) < 4.78 is 26.7. The molecule has 0 bridgehead atoms. The maximum atomic E-state index is 15.1. The summed E-state index contributed by atoms with van der Waals surface area (Å²) in [6.07, 6.45) is 2.05. The SMILES string of the molecule is COc1ccc(CC(=O)N2CCCN=C2c2cccc(F)c2CCc2cc(Br)ccc2OC)cc1. The highest BCUT2D eigenvalue weighted by Crippen LogP contribution is 2.27. The molecule has 3 aromatic carbocycles. The molecule has 0 fully saturated rings. The number of hydrogen-bond acceptors (Lipinski definition) is 4. The fraction of sp³-hybridized carbons (Fsp3) is 0.286. The number of amidine groups is 1. The zero-order valence-corrected chi connectivity index (χ0v) is 21.5. The van der Waals surface area contributed by atoms with E-state index in [4.69, 9.17) is 9.47 Å². The first-order valence-corrected chi connectivity index (χ1v) is 12.4. The second kappa shape index (κ2) is 11.5. The van der Waals surface area contributed by atoms with Crippen molar-refractivity contribution in [3.05, 3.63) is 93.2 Å². The van der Waals surface area contributed by atoms with Crippen LogP contribution in [0.5, 0.6) is 11.5 Å². The minimum Gasteiger partial charge on any atom is -0.497 e. The van der Waals surface area contributed by atoms with Crippen LogP contribution in [0.15, 0.2) is 70.1 Å². The van der Waals surface area contributed by atoms with Crippen molar-refractivity contribution in [1.29, 1.82) is 0 Å². The lowest BCUT2D eigenvalue weighted by atomic mass is 9.97. The summed E-state index contributed by atoms with van der Waals surface area (Å²) in [5, 5.41) is 0. The smallest absolute Gasteiger partial charge is 0.232 e. The van der Waals surface area contributed by atoms with Gasteiger partial charge in [0.2, 0.25) is 5.91 Å². The number of carbonyl (C=O) groups excluding carboxylic acids is 1. The van der Waals surface area contributed by atoms with Gasteiger partial charge in [0.25, 0.3) is 0 Å². The van der Waals surface area contributed by atoms with Crippen molar-refractivity contribution >= 4 is 27.7 Å². The van der Waals surface area contributed by atoms with Gasteiger partial charge >= 0.3 is 0 Å². The number of carbonyl (C=O) groups is 1. The van der Waals surface area contributed by atoms with E-state index in [1.807, 2.05) is 48.5 Å². The largest absolute Gasteiger partial charge is 0.497 e. The third-order valence-electron chi connectivity index (χ3n) is 6.12. The Kier molecular flexibility index (Phi) is 8.18. The fourth-order valence-corrected chi connectivity index (χ4v) is 4.72. The Labute approximate surface area is 213 Å². The molecule has 0 saturated heterocycles. The number of rotatable bonds is 8. The van der Waals surface area contributed by atoms with E-state index < -0.39 is 0 Å². The predicted molar refractivity (Wildman–Crippen MR) is 139 cm³/mol. The van der Waals surface area contributed by atoms with Crippen molar-refractivity contribution in [3.63, 3.8) is 0 Å². The van der Waals surface area contributed by atoms with E-state index >= 15 is 4.39 Å². The van der Waals surface area contributed by atoms with Crippen LogP contribution >= 0.6 is 15.9 Å². The predicted octanol–water partition coefficient (Wildman–Crippen LogP) is 5.61. The fourth-order valence-electron chi connectivity index (χ4n) is 4.32. The Balaban J connectivity index is 1.59. The molecule has 0 aliphatic carbocycles. The molecule has 3 aromatic rings. The summed E-state index contributed by atoms with van der Waals surface area (Å²) in [5.41, 5.74) is 3.09. The standard InChI is InChI=1S/C28H28BrFN2O3/c1-34-22-11-7-19(8-12-22)17-27(33)32-16-4-15-31-28(32)24-5-3-6-25(30)23(24)13-9-20-18-21(29)10-14-26(20)35-2/h3,5-8,10-12,14,18H,4,9,13,15-17H2,1-2H3. The van der Waals surface area contributed by atoms with E-state index in [0.717, 1.165) is 33.5 Å². The molecule has 0 saturated carbocycles. The first-order chi connectivity index (χ1) is 17.0. The van der Waals surface area contributed by atoms with Crippen LogP contribution in [0.1, 0.15) is 28.7 Å². The van der Waals surface area contributed by atoms with E-state index in [0.29, 0.717) is 42.9 Å². The molecule has 1 amide bonds. The molecule has 1 aliphatic heterocycles. The second-order valence-electron chi connectivity index (χ2n) is 8.35. The summed E-state index contributed by atoms with van der Waals surface area (Å²) in [7, 11) is 3.24. The Hall–Kier alpha value is -3.19. The van der Waals surface area contributed by atoms with E-state index in [-0.39, 0.29) is 18.1 Å². The number of hydrogen-bond donors (Lipinski definition) is 0. The number of ether oxygens (including phenoxy) is 2. The van der Waals surface area contributed by atoms with Gasteiger partial charge in [-0.2, -0.15) is 0 Å². The van der Waals surface area contributed by atoms with Gasteiger partial charge in [0.05, 0.1) is 20.6 Å². The van der Waals surface area contributed by atoms with Gasteiger partial charge in [-0.3, -0.25) is 14.7 Å². The Bertz CT molecular complexity index is 1230. The zero-order valence-electron chi connectivity index (χ0n) is 19.9. The van der Waals surface area contributed by atoms with Crippen molar-refractivity contribution in [2.45, 2.75) is 25.7 Å². The number of amides is 1. The molecule has 0 unspecified atom stereocenters. The van der Waals surface area contributed by atoms with E-state index in [1.165, 1.54) is 6.07 Å². The van der Waals surface area contributed by atoms with Gasteiger partial charge < -0.3 is 9.47 Å². The van der Waals surface area contributed by atoms with Crippen LogP contribution in [0, 0.1) is 5.82 Å². The quantitative estimate of drug-likeness (QED) is 0.374. The van der Waals surface area contributed by atoms with Crippen LogP contribution in [-0.2, 0) is 24.1 Å². The van der Waals surface area contributed by atoms with Gasteiger partial charge in [-0.15, -0.1) is 0 Å². The van der Waals surface area contributed by atoms with Crippen molar-refractivity contribution in [2.75, 3.05) is 27.3 Å². The van der Waals surface area contributed by atoms with Gasteiger partial charge in [0, 0.05) is 23.1 Å². The number of halogens is 2. The Morgan fingerprint density at radius 1 is 1.06 bits per heavy atom. The number of methoxy groups -OCH3 is 2. The lowest BCUT2D eigenvalue weighted by Crippen LogP contribution is -2.42. The lowest BCUT2D eigenvalue weighted by molar-refractivity contribution is -0.126. The molecule has 7 heteroatoms. The molecule has 35 heavy (non-hydrogen) atoms. The normalized spacial score (nSPS) is 13.4. The average molecular weight is 539 g/mol. The van der Waals surface area contributed by atoms with E-state index in [9.17, 15) is 4.79 Å². The first kappa shape index (κ1) is 24.9. The van der Waals surface area contributed by atoms with Crippen molar-refractivity contribution < 1.29 is 18.7 Å². The van der Waals surface area contributed by atoms with Crippen LogP contribution in [0.25, 0.3) is 0 Å². The van der Waals surface area contributed by atoms with Gasteiger partial charge in [-0.1, -0.05) is 40.2 Å². The van der Waals surface area contributed by atoms with Crippen molar-refractivity contribution in [1.82, 2.24) is 4.90 Å². The molecular formula is C28H28BrFN2O3. The number of nitrogens with zero attached hydrogens (tertiary/aromatic N) is 2. The zero-order chi connectivity index (χ0) is 24.8. The summed E-state index contributed by atoms with van der Waals surface area (Å²) in [6.45, 7) is 1.17. The maximum absolute atomic E-state index is 15.1. The first-order valence-electron chi connectivity index (χ1n) is 11.6. The summed E-state index contributed by atoms with van der Waals surface area (Å²) in [5.74, 6) is 1.69. The highest BCUT2D eigenvalue weighted by Gasteiger charge is 2.26. The lowest BCUT2D eigenvalue weighted by Gasteiger charge is -2.29. The topological polar surface area (TPSA) is 51.1 Å². The van der Waals surface area contributed by atoms with Crippen LogP contribution < -0.4 is 9.47 Å². The van der Waals surface area contributed by atoms with Gasteiger partial charge in [0.15, 0.2) is 0 Å². The Morgan fingerprint density at radius 2 is 1.86 bits per heavy atom. The molecule has 0 atom stereocenters. The van der Waals surface area contributed by atoms with Crippen molar-refractivity contribution in [2.24, 2.45) is 4.99 Å². The number of benzene rings is 3. The summed E-state index contributed by atoms with van der Waals surface area (Å²) in [6, 6.07) is 18.3. The minimum absolute atomic E-state index is 0.0579.